The van der Waals surface area contributed by atoms with Gasteiger partial charge in [0.05, 0.1) is 6.10 Å². The highest BCUT2D eigenvalue weighted by molar-refractivity contribution is 5.88. The van der Waals surface area contributed by atoms with E-state index in [1.165, 1.54) is 16.5 Å². The second kappa shape index (κ2) is 4.07. The zero-order valence-electron chi connectivity index (χ0n) is 11.9. The summed E-state index contributed by atoms with van der Waals surface area (Å²) in [7, 11) is 3.86. The van der Waals surface area contributed by atoms with E-state index in [4.69, 9.17) is 4.74 Å². The maximum Gasteiger partial charge on any atom is 0.112 e. The Bertz CT molecular complexity index is 666. The van der Waals surface area contributed by atoms with E-state index in [0.29, 0.717) is 13.0 Å². The minimum absolute atomic E-state index is 0.282. The highest BCUT2D eigenvalue weighted by Crippen LogP contribution is 2.47. The predicted octanol–water partition coefficient (Wildman–Crippen LogP) is 1.63. The highest BCUT2D eigenvalue weighted by atomic mass is 16.5. The lowest BCUT2D eigenvalue weighted by Crippen LogP contribution is -2.60. The molecule has 2 heterocycles. The van der Waals surface area contributed by atoms with Crippen LogP contribution < -0.4 is 0 Å². The summed E-state index contributed by atoms with van der Waals surface area (Å²) in [4.78, 5) is 5.60. The summed E-state index contributed by atoms with van der Waals surface area (Å²) in [5.74, 6) is 0. The van der Waals surface area contributed by atoms with Crippen molar-refractivity contribution in [1.82, 2.24) is 9.88 Å². The Kier molecular flexibility index (Phi) is 2.52. The first-order valence-electron chi connectivity index (χ1n) is 7.18. The quantitative estimate of drug-likeness (QED) is 0.829. The average molecular weight is 272 g/mol. The Labute approximate surface area is 118 Å². The Morgan fingerprint density at radius 2 is 2.30 bits per heavy atom. The standard InChI is InChI=1S/C16H20N2O2/c1-18-9-11(19)7-16(20-2)12-4-3-5-13-15(12)10(8-17-13)6-14(16)18/h3-5,8,11,14,17,19H,6-7,9H2,1-2H3/t11-,14+,16+/m0/s1. The normalized spacial score (nSPS) is 33.4. The van der Waals surface area contributed by atoms with Crippen molar-refractivity contribution in [2.24, 2.45) is 0 Å². The summed E-state index contributed by atoms with van der Waals surface area (Å²) in [5.41, 5.74) is 3.34. The molecule has 0 unspecified atom stereocenters. The van der Waals surface area contributed by atoms with Crippen molar-refractivity contribution in [2.75, 3.05) is 20.7 Å². The lowest BCUT2D eigenvalue weighted by molar-refractivity contribution is -0.141. The molecule has 0 spiro atoms. The fraction of sp³-hybridized carbons (Fsp3) is 0.500. The SMILES string of the molecule is CO[C@@]12C[C@H](O)CN(C)[C@@H]1Cc1c[nH]c3cccc2c13. The molecule has 3 atom stereocenters. The number of piperidine rings is 1. The molecule has 1 fully saturated rings. The summed E-state index contributed by atoms with van der Waals surface area (Å²) in [6, 6.07) is 6.61. The molecule has 106 valence electrons. The maximum atomic E-state index is 10.2. The van der Waals surface area contributed by atoms with Crippen LogP contribution in [0.15, 0.2) is 24.4 Å². The molecule has 0 bridgehead atoms. The Morgan fingerprint density at radius 3 is 3.10 bits per heavy atom. The molecule has 1 aromatic carbocycles. The van der Waals surface area contributed by atoms with Crippen molar-refractivity contribution in [2.45, 2.75) is 30.6 Å². The number of aromatic nitrogens is 1. The molecule has 4 rings (SSSR count). The fourth-order valence-electron chi connectivity index (χ4n) is 4.28. The number of ether oxygens (including phenoxy) is 1. The largest absolute Gasteiger partial charge is 0.392 e. The van der Waals surface area contributed by atoms with Gasteiger partial charge >= 0.3 is 0 Å². The number of hydrogen-bond acceptors (Lipinski definition) is 3. The molecule has 2 aliphatic rings. The van der Waals surface area contributed by atoms with Gasteiger partial charge in [-0.15, -0.1) is 0 Å². The van der Waals surface area contributed by atoms with Gasteiger partial charge in [0.25, 0.3) is 0 Å². The van der Waals surface area contributed by atoms with Gasteiger partial charge in [0.15, 0.2) is 0 Å². The Balaban J connectivity index is 2.00. The monoisotopic (exact) mass is 272 g/mol. The number of benzene rings is 1. The lowest BCUT2D eigenvalue weighted by Gasteiger charge is -2.52. The van der Waals surface area contributed by atoms with Crippen LogP contribution in [0, 0.1) is 0 Å². The molecule has 4 heteroatoms. The third kappa shape index (κ3) is 1.41. The first-order valence-corrected chi connectivity index (χ1v) is 7.18. The van der Waals surface area contributed by atoms with Crippen molar-refractivity contribution in [3.05, 3.63) is 35.5 Å². The van der Waals surface area contributed by atoms with Gasteiger partial charge in [0, 0.05) is 43.2 Å². The molecule has 4 nitrogen and oxygen atoms in total. The zero-order valence-corrected chi connectivity index (χ0v) is 11.9. The van der Waals surface area contributed by atoms with Crippen molar-refractivity contribution in [1.29, 1.82) is 0 Å². The second-order valence-electron chi connectivity index (χ2n) is 6.15. The summed E-state index contributed by atoms with van der Waals surface area (Å²) in [6.07, 6.45) is 3.41. The van der Waals surface area contributed by atoms with Crippen molar-refractivity contribution < 1.29 is 9.84 Å². The van der Waals surface area contributed by atoms with Gasteiger partial charge in [0.1, 0.15) is 5.60 Å². The zero-order chi connectivity index (χ0) is 13.9. The number of nitrogens with one attached hydrogen (secondary N) is 1. The highest BCUT2D eigenvalue weighted by Gasteiger charge is 2.51. The number of H-pyrrole nitrogens is 1. The third-order valence-electron chi connectivity index (χ3n) is 5.13. The van der Waals surface area contributed by atoms with Gasteiger partial charge in [-0.05, 0) is 30.7 Å². The molecule has 20 heavy (non-hydrogen) atoms. The first-order chi connectivity index (χ1) is 9.65. The molecule has 1 aliphatic heterocycles. The molecule has 0 amide bonds. The molecule has 1 saturated heterocycles. The van der Waals surface area contributed by atoms with E-state index in [-0.39, 0.29) is 12.1 Å². The smallest absolute Gasteiger partial charge is 0.112 e. The number of hydrogen-bond donors (Lipinski definition) is 2. The lowest BCUT2D eigenvalue weighted by atomic mass is 9.70. The molecule has 2 N–H and O–H groups in total. The summed E-state index contributed by atoms with van der Waals surface area (Å²) < 4.78 is 6.02. The predicted molar refractivity (Wildman–Crippen MR) is 77.7 cm³/mol. The molecule has 0 radical (unpaired) electrons. The van der Waals surface area contributed by atoms with E-state index in [9.17, 15) is 5.11 Å². The number of methoxy groups -OCH3 is 1. The number of aliphatic hydroxyl groups excluding tert-OH is 1. The van der Waals surface area contributed by atoms with Gasteiger partial charge < -0.3 is 14.8 Å². The molecule has 1 aliphatic carbocycles. The number of rotatable bonds is 1. The van der Waals surface area contributed by atoms with Crippen LogP contribution in [0.3, 0.4) is 0 Å². The van der Waals surface area contributed by atoms with Gasteiger partial charge in [-0.3, -0.25) is 4.90 Å². The van der Waals surface area contributed by atoms with E-state index in [1.54, 1.807) is 7.11 Å². The molecule has 0 saturated carbocycles. The van der Waals surface area contributed by atoms with Crippen molar-refractivity contribution >= 4 is 10.9 Å². The van der Waals surface area contributed by atoms with Crippen LogP contribution in [0.4, 0.5) is 0 Å². The maximum absolute atomic E-state index is 10.2. The van der Waals surface area contributed by atoms with Crippen LogP contribution in [0.5, 0.6) is 0 Å². The third-order valence-corrected chi connectivity index (χ3v) is 5.13. The fourth-order valence-corrected chi connectivity index (χ4v) is 4.28. The molecule has 2 aromatic rings. The molecular weight excluding hydrogens is 252 g/mol. The van der Waals surface area contributed by atoms with Crippen LogP contribution in [0.2, 0.25) is 0 Å². The van der Waals surface area contributed by atoms with E-state index in [2.05, 4.69) is 41.3 Å². The summed E-state index contributed by atoms with van der Waals surface area (Å²) in [5, 5.41) is 11.5. The molecule has 1 aromatic heterocycles. The first kappa shape index (κ1) is 12.4. The van der Waals surface area contributed by atoms with Gasteiger partial charge in [-0.1, -0.05) is 12.1 Å². The van der Waals surface area contributed by atoms with Crippen LogP contribution in [0.25, 0.3) is 10.9 Å². The average Bonchev–Trinajstić information content (AvgIpc) is 2.85. The van der Waals surface area contributed by atoms with Crippen LogP contribution >= 0.6 is 0 Å². The minimum atomic E-state index is -0.402. The summed E-state index contributed by atoms with van der Waals surface area (Å²) in [6.45, 7) is 0.714. The van der Waals surface area contributed by atoms with Crippen LogP contribution in [-0.2, 0) is 16.8 Å². The number of aliphatic hydroxyl groups is 1. The van der Waals surface area contributed by atoms with Crippen LogP contribution in [-0.4, -0.2) is 47.8 Å². The number of likely N-dealkylation sites (N-methyl/N-ethyl adjacent to an activating group) is 1. The second-order valence-corrected chi connectivity index (χ2v) is 6.15. The number of likely N-dealkylation sites (tertiary alicyclic amines) is 1. The van der Waals surface area contributed by atoms with E-state index < -0.39 is 5.60 Å². The number of aromatic amines is 1. The minimum Gasteiger partial charge on any atom is -0.392 e. The van der Waals surface area contributed by atoms with Crippen LogP contribution in [0.1, 0.15) is 17.5 Å². The molecular formula is C16H20N2O2. The Morgan fingerprint density at radius 1 is 1.45 bits per heavy atom. The van der Waals surface area contributed by atoms with Gasteiger partial charge in [-0.25, -0.2) is 0 Å². The number of β-amino-alcohol motifs (C(OH)–C–C–N with tert-alkyl or cyclic N) is 1. The Hall–Kier alpha value is -1.36. The van der Waals surface area contributed by atoms with Crippen molar-refractivity contribution in [3.8, 4) is 0 Å². The topological polar surface area (TPSA) is 48.5 Å². The van der Waals surface area contributed by atoms with Gasteiger partial charge in [0.2, 0.25) is 0 Å². The van der Waals surface area contributed by atoms with E-state index in [1.807, 2.05) is 0 Å². The summed E-state index contributed by atoms with van der Waals surface area (Å²) >= 11 is 0. The number of nitrogens with zero attached hydrogens (tertiary/aromatic N) is 1. The van der Waals surface area contributed by atoms with Crippen molar-refractivity contribution in [3.63, 3.8) is 0 Å². The number of fused-ring (bicyclic) bond motifs is 2. The van der Waals surface area contributed by atoms with E-state index in [0.717, 1.165) is 11.9 Å². The van der Waals surface area contributed by atoms with Gasteiger partial charge in [-0.2, -0.15) is 0 Å². The van der Waals surface area contributed by atoms with E-state index >= 15 is 0 Å².